The Balaban J connectivity index is 1.28. The molecule has 2 heterocycles. The fourth-order valence-electron chi connectivity index (χ4n) is 2.80. The molecule has 0 radical (unpaired) electrons. The van der Waals surface area contributed by atoms with E-state index in [1.165, 1.54) is 4.57 Å². The van der Waals surface area contributed by atoms with Gasteiger partial charge >= 0.3 is 6.03 Å². The van der Waals surface area contributed by atoms with E-state index in [2.05, 4.69) is 15.6 Å². The number of ether oxygens (including phenoxy) is 2. The lowest BCUT2D eigenvalue weighted by Gasteiger charge is -2.19. The molecule has 0 unspecified atom stereocenters. The van der Waals surface area contributed by atoms with Crippen LogP contribution in [0.15, 0.2) is 35.4 Å². The molecule has 4 rings (SSSR count). The summed E-state index contributed by atoms with van der Waals surface area (Å²) >= 11 is 0. The van der Waals surface area contributed by atoms with Crippen LogP contribution in [0.3, 0.4) is 0 Å². The third-order valence-electron chi connectivity index (χ3n) is 4.33. The Labute approximate surface area is 150 Å². The van der Waals surface area contributed by atoms with Crippen LogP contribution in [0.1, 0.15) is 24.5 Å². The van der Waals surface area contributed by atoms with Crippen molar-refractivity contribution in [1.82, 2.24) is 14.9 Å². The molecule has 2 aromatic rings. The SMILES string of the molecule is O=C(NCCn1cnc(C2CC2)cc1=O)Nc1ccc2c(c1)OCCO2. The Kier molecular flexibility index (Phi) is 4.47. The van der Waals surface area contributed by atoms with Crippen LogP contribution >= 0.6 is 0 Å². The van der Waals surface area contributed by atoms with E-state index >= 15 is 0 Å². The topological polar surface area (TPSA) is 94.5 Å². The number of carbonyl (C=O) groups excluding carboxylic acids is 1. The van der Waals surface area contributed by atoms with Gasteiger partial charge in [-0.3, -0.25) is 9.36 Å². The van der Waals surface area contributed by atoms with Crippen molar-refractivity contribution >= 4 is 11.7 Å². The highest BCUT2D eigenvalue weighted by atomic mass is 16.6. The van der Waals surface area contributed by atoms with E-state index in [1.54, 1.807) is 30.6 Å². The Hall–Kier alpha value is -3.03. The number of amides is 2. The summed E-state index contributed by atoms with van der Waals surface area (Å²) in [6, 6.07) is 6.47. The number of rotatable bonds is 5. The summed E-state index contributed by atoms with van der Waals surface area (Å²) < 4.78 is 12.4. The minimum atomic E-state index is -0.350. The zero-order valence-corrected chi connectivity index (χ0v) is 14.2. The zero-order valence-electron chi connectivity index (χ0n) is 14.2. The fourth-order valence-corrected chi connectivity index (χ4v) is 2.80. The van der Waals surface area contributed by atoms with E-state index in [0.29, 0.717) is 49.4 Å². The first-order chi connectivity index (χ1) is 12.7. The molecule has 1 fully saturated rings. The van der Waals surface area contributed by atoms with Crippen LogP contribution in [0.25, 0.3) is 0 Å². The molecule has 0 bridgehead atoms. The molecule has 1 aromatic carbocycles. The summed E-state index contributed by atoms with van der Waals surface area (Å²) in [6.07, 6.45) is 3.77. The zero-order chi connectivity index (χ0) is 17.9. The number of urea groups is 1. The average molecular weight is 356 g/mol. The van der Waals surface area contributed by atoms with Gasteiger partial charge in [0.1, 0.15) is 13.2 Å². The maximum absolute atomic E-state index is 12.0. The number of benzene rings is 1. The number of hydrogen-bond donors (Lipinski definition) is 2. The first kappa shape index (κ1) is 16.4. The van der Waals surface area contributed by atoms with E-state index < -0.39 is 0 Å². The molecule has 1 aliphatic carbocycles. The maximum Gasteiger partial charge on any atom is 0.319 e. The molecule has 136 valence electrons. The number of nitrogens with zero attached hydrogens (tertiary/aromatic N) is 2. The van der Waals surface area contributed by atoms with Gasteiger partial charge in [-0.25, -0.2) is 9.78 Å². The molecule has 2 aliphatic rings. The van der Waals surface area contributed by atoms with Gasteiger partial charge < -0.3 is 20.1 Å². The highest BCUT2D eigenvalue weighted by Crippen LogP contribution is 2.38. The molecule has 8 nitrogen and oxygen atoms in total. The number of fused-ring (bicyclic) bond motifs is 1. The van der Waals surface area contributed by atoms with Crippen molar-refractivity contribution in [3.05, 3.63) is 46.6 Å². The smallest absolute Gasteiger partial charge is 0.319 e. The van der Waals surface area contributed by atoms with Gasteiger partial charge in [0, 0.05) is 36.8 Å². The van der Waals surface area contributed by atoms with Crippen LogP contribution in [0.2, 0.25) is 0 Å². The highest BCUT2D eigenvalue weighted by molar-refractivity contribution is 5.89. The van der Waals surface area contributed by atoms with Crippen LogP contribution in [-0.2, 0) is 6.54 Å². The van der Waals surface area contributed by atoms with Crippen LogP contribution in [0, 0.1) is 0 Å². The van der Waals surface area contributed by atoms with Crippen molar-refractivity contribution in [1.29, 1.82) is 0 Å². The molecule has 1 aromatic heterocycles. The van der Waals surface area contributed by atoms with Crippen LogP contribution in [-0.4, -0.2) is 35.3 Å². The number of carbonyl (C=O) groups is 1. The summed E-state index contributed by atoms with van der Waals surface area (Å²) in [5.74, 6) is 1.73. The molecule has 0 spiro atoms. The number of aromatic nitrogens is 2. The summed E-state index contributed by atoms with van der Waals surface area (Å²) in [5.41, 5.74) is 1.39. The Morgan fingerprint density at radius 2 is 2.00 bits per heavy atom. The van der Waals surface area contributed by atoms with E-state index in [0.717, 1.165) is 18.5 Å². The Morgan fingerprint density at radius 1 is 1.19 bits per heavy atom. The lowest BCUT2D eigenvalue weighted by atomic mass is 10.2. The molecule has 0 saturated heterocycles. The Bertz CT molecular complexity index is 876. The minimum Gasteiger partial charge on any atom is -0.486 e. The first-order valence-corrected chi connectivity index (χ1v) is 8.70. The van der Waals surface area contributed by atoms with Gasteiger partial charge in [0.15, 0.2) is 11.5 Å². The third kappa shape index (κ3) is 3.79. The van der Waals surface area contributed by atoms with Gasteiger partial charge in [0.05, 0.1) is 12.0 Å². The normalized spacial score (nSPS) is 15.4. The van der Waals surface area contributed by atoms with Gasteiger partial charge in [-0.05, 0) is 25.0 Å². The summed E-state index contributed by atoms with van der Waals surface area (Å²) in [5, 5.41) is 5.46. The summed E-state index contributed by atoms with van der Waals surface area (Å²) in [4.78, 5) is 28.4. The van der Waals surface area contributed by atoms with Gasteiger partial charge in [0.25, 0.3) is 5.56 Å². The predicted molar refractivity (Wildman–Crippen MR) is 94.9 cm³/mol. The molecule has 2 N–H and O–H groups in total. The second kappa shape index (κ2) is 7.07. The second-order valence-corrected chi connectivity index (χ2v) is 6.36. The summed E-state index contributed by atoms with van der Waals surface area (Å²) in [6.45, 7) is 1.70. The van der Waals surface area contributed by atoms with Crippen LogP contribution in [0.4, 0.5) is 10.5 Å². The van der Waals surface area contributed by atoms with E-state index in [-0.39, 0.29) is 11.6 Å². The Morgan fingerprint density at radius 3 is 2.77 bits per heavy atom. The predicted octanol–water partition coefficient (Wildman–Crippen LogP) is 1.71. The van der Waals surface area contributed by atoms with Crippen LogP contribution < -0.4 is 25.7 Å². The maximum atomic E-state index is 12.0. The van der Waals surface area contributed by atoms with Gasteiger partial charge in [-0.2, -0.15) is 0 Å². The van der Waals surface area contributed by atoms with Crippen molar-refractivity contribution in [2.24, 2.45) is 0 Å². The van der Waals surface area contributed by atoms with Crippen molar-refractivity contribution in [2.75, 3.05) is 25.1 Å². The van der Waals surface area contributed by atoms with Gasteiger partial charge in [0.2, 0.25) is 0 Å². The average Bonchev–Trinajstić information content (AvgIpc) is 3.48. The van der Waals surface area contributed by atoms with Crippen molar-refractivity contribution in [2.45, 2.75) is 25.3 Å². The molecule has 1 aliphatic heterocycles. The second-order valence-electron chi connectivity index (χ2n) is 6.36. The largest absolute Gasteiger partial charge is 0.486 e. The van der Waals surface area contributed by atoms with Gasteiger partial charge in [-0.15, -0.1) is 0 Å². The van der Waals surface area contributed by atoms with Crippen molar-refractivity contribution in [3.63, 3.8) is 0 Å². The summed E-state index contributed by atoms with van der Waals surface area (Å²) in [7, 11) is 0. The standard InChI is InChI=1S/C18H20N4O4/c23-17-10-14(12-1-2-12)20-11-22(17)6-5-19-18(24)21-13-3-4-15-16(9-13)26-8-7-25-15/h3-4,9-12H,1-2,5-8H2,(H2,19,21,24). The van der Waals surface area contributed by atoms with Crippen molar-refractivity contribution < 1.29 is 14.3 Å². The van der Waals surface area contributed by atoms with E-state index in [4.69, 9.17) is 9.47 Å². The molecule has 26 heavy (non-hydrogen) atoms. The van der Waals surface area contributed by atoms with Crippen molar-refractivity contribution in [3.8, 4) is 11.5 Å². The third-order valence-corrected chi connectivity index (χ3v) is 4.33. The number of hydrogen-bond acceptors (Lipinski definition) is 5. The van der Waals surface area contributed by atoms with E-state index in [1.807, 2.05) is 0 Å². The molecule has 0 atom stereocenters. The minimum absolute atomic E-state index is 0.0871. The molecule has 8 heteroatoms. The monoisotopic (exact) mass is 356 g/mol. The number of nitrogens with one attached hydrogen (secondary N) is 2. The quantitative estimate of drug-likeness (QED) is 0.851. The number of anilines is 1. The van der Waals surface area contributed by atoms with E-state index in [9.17, 15) is 9.59 Å². The fraction of sp³-hybridized carbons (Fsp3) is 0.389. The molecular weight excluding hydrogens is 336 g/mol. The lowest BCUT2D eigenvalue weighted by molar-refractivity contribution is 0.171. The first-order valence-electron chi connectivity index (χ1n) is 8.70. The lowest BCUT2D eigenvalue weighted by Crippen LogP contribution is -2.33. The van der Waals surface area contributed by atoms with Gasteiger partial charge in [-0.1, -0.05) is 0 Å². The van der Waals surface area contributed by atoms with Crippen LogP contribution in [0.5, 0.6) is 11.5 Å². The molecular formula is C18H20N4O4. The molecule has 1 saturated carbocycles. The molecule has 2 amide bonds. The highest BCUT2D eigenvalue weighted by Gasteiger charge is 2.25.